The molecule has 0 aromatic rings. The van der Waals surface area contributed by atoms with Gasteiger partial charge in [0.25, 0.3) is 0 Å². The van der Waals surface area contributed by atoms with Gasteiger partial charge in [0.05, 0.1) is 6.10 Å². The molecule has 118 valence electrons. The van der Waals surface area contributed by atoms with Gasteiger partial charge in [-0.1, -0.05) is 26.2 Å². The van der Waals surface area contributed by atoms with Crippen molar-refractivity contribution in [1.82, 2.24) is 0 Å². The lowest BCUT2D eigenvalue weighted by molar-refractivity contribution is 0.0543. The molecule has 0 aliphatic heterocycles. The Balaban J connectivity index is 1.81. The Kier molecular flexibility index (Phi) is 5.49. The highest BCUT2D eigenvalue weighted by Crippen LogP contribution is 2.66. The molecule has 0 aromatic heterocycles. The topological polar surface area (TPSA) is 60.7 Å². The Labute approximate surface area is 123 Å². The minimum absolute atomic E-state index is 0.105. The molecule has 2 rings (SSSR count). The highest BCUT2D eigenvalue weighted by Gasteiger charge is 2.60. The van der Waals surface area contributed by atoms with Crippen LogP contribution in [0.25, 0.3) is 0 Å². The van der Waals surface area contributed by atoms with Gasteiger partial charge in [-0.05, 0) is 61.7 Å². The maximum Gasteiger partial charge on any atom is 0.0540 e. The first kappa shape index (κ1) is 16.3. The number of aliphatic hydroxyl groups excluding tert-OH is 3. The Bertz CT molecular complexity index is 275. The molecule has 0 bridgehead atoms. The molecular weight excluding hydrogens is 252 g/mol. The van der Waals surface area contributed by atoms with Gasteiger partial charge in [0.1, 0.15) is 0 Å². The molecule has 1 unspecified atom stereocenters. The summed E-state index contributed by atoms with van der Waals surface area (Å²) in [4.78, 5) is 0. The van der Waals surface area contributed by atoms with Crippen LogP contribution in [-0.4, -0.2) is 34.6 Å². The van der Waals surface area contributed by atoms with Crippen molar-refractivity contribution in [3.63, 3.8) is 0 Å². The first-order valence-corrected chi connectivity index (χ1v) is 8.52. The standard InChI is InChI=1S/C17H32O3/c1-2-3-5-14(20)6-4-7-15(16(12-18)8-9-16)17(13-19)10-11-17/h14-15,18-20H,2-13H2,1H3. The second-order valence-electron chi connectivity index (χ2n) is 7.32. The average molecular weight is 284 g/mol. The zero-order valence-electron chi connectivity index (χ0n) is 13.0. The van der Waals surface area contributed by atoms with E-state index in [1.165, 1.54) is 0 Å². The van der Waals surface area contributed by atoms with Crippen molar-refractivity contribution in [3.8, 4) is 0 Å². The van der Waals surface area contributed by atoms with Crippen LogP contribution in [0.15, 0.2) is 0 Å². The number of aliphatic hydroxyl groups is 3. The van der Waals surface area contributed by atoms with Crippen LogP contribution in [0.3, 0.4) is 0 Å². The molecule has 0 spiro atoms. The summed E-state index contributed by atoms with van der Waals surface area (Å²) in [6.45, 7) is 2.70. The fraction of sp³-hybridized carbons (Fsp3) is 1.00. The normalized spacial score (nSPS) is 23.9. The smallest absolute Gasteiger partial charge is 0.0540 e. The monoisotopic (exact) mass is 284 g/mol. The second-order valence-corrected chi connectivity index (χ2v) is 7.32. The van der Waals surface area contributed by atoms with Gasteiger partial charge in [0.15, 0.2) is 0 Å². The van der Waals surface area contributed by atoms with Gasteiger partial charge in [0, 0.05) is 13.2 Å². The molecular formula is C17H32O3. The van der Waals surface area contributed by atoms with Crippen LogP contribution in [0.1, 0.15) is 71.1 Å². The summed E-state index contributed by atoms with van der Waals surface area (Å²) < 4.78 is 0. The van der Waals surface area contributed by atoms with E-state index in [1.54, 1.807) is 0 Å². The summed E-state index contributed by atoms with van der Waals surface area (Å²) in [5.74, 6) is 0.461. The molecule has 2 aliphatic rings. The number of hydrogen-bond acceptors (Lipinski definition) is 3. The zero-order chi connectivity index (χ0) is 14.6. The van der Waals surface area contributed by atoms with Crippen LogP contribution in [0.4, 0.5) is 0 Å². The average Bonchev–Trinajstić information content (AvgIpc) is 3.37. The predicted octanol–water partition coefficient (Wildman–Crippen LogP) is 2.87. The zero-order valence-corrected chi connectivity index (χ0v) is 13.0. The molecule has 2 aliphatic carbocycles. The quantitative estimate of drug-likeness (QED) is 0.547. The molecule has 0 radical (unpaired) electrons. The molecule has 20 heavy (non-hydrogen) atoms. The van der Waals surface area contributed by atoms with Crippen molar-refractivity contribution in [2.75, 3.05) is 13.2 Å². The van der Waals surface area contributed by atoms with Crippen molar-refractivity contribution < 1.29 is 15.3 Å². The Morgan fingerprint density at radius 3 is 1.75 bits per heavy atom. The van der Waals surface area contributed by atoms with E-state index in [0.717, 1.165) is 64.2 Å². The molecule has 2 saturated carbocycles. The molecule has 0 heterocycles. The van der Waals surface area contributed by atoms with Gasteiger partial charge < -0.3 is 15.3 Å². The molecule has 3 N–H and O–H groups in total. The van der Waals surface area contributed by atoms with E-state index in [9.17, 15) is 15.3 Å². The number of unbranched alkanes of at least 4 members (excludes halogenated alkanes) is 1. The molecule has 0 aromatic carbocycles. The summed E-state index contributed by atoms with van der Waals surface area (Å²) >= 11 is 0. The van der Waals surface area contributed by atoms with Gasteiger partial charge in [-0.25, -0.2) is 0 Å². The molecule has 0 saturated heterocycles. The van der Waals surface area contributed by atoms with E-state index in [4.69, 9.17) is 0 Å². The Hall–Kier alpha value is -0.120. The van der Waals surface area contributed by atoms with Crippen molar-refractivity contribution in [2.24, 2.45) is 16.7 Å². The van der Waals surface area contributed by atoms with Gasteiger partial charge in [0.2, 0.25) is 0 Å². The third-order valence-electron chi connectivity index (χ3n) is 5.81. The first-order chi connectivity index (χ1) is 9.62. The third kappa shape index (κ3) is 3.55. The van der Waals surface area contributed by atoms with Crippen LogP contribution in [-0.2, 0) is 0 Å². The van der Waals surface area contributed by atoms with E-state index >= 15 is 0 Å². The maximum atomic E-state index is 9.95. The minimum Gasteiger partial charge on any atom is -0.396 e. The maximum absolute atomic E-state index is 9.95. The molecule has 2 fully saturated rings. The fourth-order valence-corrected chi connectivity index (χ4v) is 3.96. The number of hydrogen-bond donors (Lipinski definition) is 3. The van der Waals surface area contributed by atoms with E-state index < -0.39 is 0 Å². The van der Waals surface area contributed by atoms with Crippen molar-refractivity contribution in [1.29, 1.82) is 0 Å². The predicted molar refractivity (Wildman–Crippen MR) is 80.4 cm³/mol. The highest BCUT2D eigenvalue weighted by molar-refractivity contribution is 5.10. The molecule has 3 nitrogen and oxygen atoms in total. The van der Waals surface area contributed by atoms with E-state index in [2.05, 4.69) is 6.92 Å². The number of rotatable bonds is 11. The highest BCUT2D eigenvalue weighted by atomic mass is 16.3. The summed E-state index contributed by atoms with van der Waals surface area (Å²) in [5.41, 5.74) is 0.210. The summed E-state index contributed by atoms with van der Waals surface area (Å²) in [5, 5.41) is 29.4. The lowest BCUT2D eigenvalue weighted by Crippen LogP contribution is -2.31. The fourth-order valence-electron chi connectivity index (χ4n) is 3.96. The van der Waals surface area contributed by atoms with Crippen molar-refractivity contribution in [3.05, 3.63) is 0 Å². The lowest BCUT2D eigenvalue weighted by Gasteiger charge is -2.33. The van der Waals surface area contributed by atoms with E-state index in [-0.39, 0.29) is 30.1 Å². The van der Waals surface area contributed by atoms with Crippen LogP contribution < -0.4 is 0 Å². The van der Waals surface area contributed by atoms with Gasteiger partial charge >= 0.3 is 0 Å². The van der Waals surface area contributed by atoms with Gasteiger partial charge in [-0.3, -0.25) is 0 Å². The molecule has 1 atom stereocenters. The largest absolute Gasteiger partial charge is 0.396 e. The Morgan fingerprint density at radius 2 is 1.35 bits per heavy atom. The van der Waals surface area contributed by atoms with Crippen LogP contribution in [0.5, 0.6) is 0 Å². The lowest BCUT2D eigenvalue weighted by atomic mass is 9.74. The third-order valence-corrected chi connectivity index (χ3v) is 5.81. The SMILES string of the molecule is CCCCC(O)CCCC(C1(CO)CC1)C1(CO)CC1. The van der Waals surface area contributed by atoms with Crippen molar-refractivity contribution in [2.45, 2.75) is 77.2 Å². The van der Waals surface area contributed by atoms with Crippen LogP contribution in [0, 0.1) is 16.7 Å². The minimum atomic E-state index is -0.163. The summed E-state index contributed by atoms with van der Waals surface area (Å²) in [7, 11) is 0. The summed E-state index contributed by atoms with van der Waals surface area (Å²) in [6.07, 6.45) is 10.4. The van der Waals surface area contributed by atoms with E-state index in [1.807, 2.05) is 0 Å². The van der Waals surface area contributed by atoms with Crippen LogP contribution in [0.2, 0.25) is 0 Å². The molecule has 3 heteroatoms. The molecule has 0 amide bonds. The second kappa shape index (κ2) is 6.76. The Morgan fingerprint density at radius 1 is 0.850 bits per heavy atom. The van der Waals surface area contributed by atoms with Gasteiger partial charge in [-0.15, -0.1) is 0 Å². The summed E-state index contributed by atoms with van der Waals surface area (Å²) in [6, 6.07) is 0. The van der Waals surface area contributed by atoms with Crippen LogP contribution >= 0.6 is 0 Å². The first-order valence-electron chi connectivity index (χ1n) is 8.52. The van der Waals surface area contributed by atoms with Crippen molar-refractivity contribution >= 4 is 0 Å². The van der Waals surface area contributed by atoms with E-state index in [0.29, 0.717) is 5.92 Å². The van der Waals surface area contributed by atoms with Gasteiger partial charge in [-0.2, -0.15) is 0 Å².